The van der Waals surface area contributed by atoms with Crippen molar-refractivity contribution in [1.29, 1.82) is 0 Å². The first-order valence-corrected chi connectivity index (χ1v) is 6.82. The van der Waals surface area contributed by atoms with Gasteiger partial charge in [-0.05, 0) is 41.4 Å². The Hall–Kier alpha value is -0.140. The standard InChI is InChI=1S/C8H9BrFOP/c1-12(2,11)8-6(9)4-3-5-7(8)10/h3-5H,1-2H3. The fourth-order valence-electron chi connectivity index (χ4n) is 1.00. The van der Waals surface area contributed by atoms with Crippen LogP contribution in [0.1, 0.15) is 0 Å². The second kappa shape index (κ2) is 3.31. The summed E-state index contributed by atoms with van der Waals surface area (Å²) in [5, 5.41) is 0.296. The van der Waals surface area contributed by atoms with Gasteiger partial charge in [0.05, 0.1) is 5.30 Å². The Morgan fingerprint density at radius 3 is 2.33 bits per heavy atom. The molecule has 0 aliphatic rings. The first kappa shape index (κ1) is 9.94. The lowest BCUT2D eigenvalue weighted by Gasteiger charge is -2.09. The van der Waals surface area contributed by atoms with Crippen molar-refractivity contribution in [2.45, 2.75) is 0 Å². The molecule has 0 aliphatic carbocycles. The van der Waals surface area contributed by atoms with Crippen molar-refractivity contribution >= 4 is 28.4 Å². The number of benzene rings is 1. The molecular weight excluding hydrogens is 242 g/mol. The topological polar surface area (TPSA) is 17.1 Å². The molecule has 0 saturated carbocycles. The predicted octanol–water partition coefficient (Wildman–Crippen LogP) is 2.84. The van der Waals surface area contributed by atoms with Crippen LogP contribution in [0.15, 0.2) is 22.7 Å². The van der Waals surface area contributed by atoms with Gasteiger partial charge in [-0.25, -0.2) is 4.39 Å². The van der Waals surface area contributed by atoms with Crippen molar-refractivity contribution in [2.75, 3.05) is 13.3 Å². The molecule has 0 atom stereocenters. The highest BCUT2D eigenvalue weighted by molar-refractivity contribution is 9.10. The van der Waals surface area contributed by atoms with Crippen LogP contribution in [0.3, 0.4) is 0 Å². The molecule has 0 bridgehead atoms. The molecule has 0 saturated heterocycles. The van der Waals surface area contributed by atoms with E-state index in [1.165, 1.54) is 6.07 Å². The van der Waals surface area contributed by atoms with Crippen LogP contribution >= 0.6 is 23.1 Å². The molecule has 4 heteroatoms. The average molecular weight is 251 g/mol. The first-order chi connectivity index (χ1) is 5.43. The van der Waals surface area contributed by atoms with Crippen LogP contribution in [0.5, 0.6) is 0 Å². The van der Waals surface area contributed by atoms with E-state index in [9.17, 15) is 8.96 Å². The molecule has 1 rings (SSSR count). The van der Waals surface area contributed by atoms with E-state index in [0.717, 1.165) is 0 Å². The summed E-state index contributed by atoms with van der Waals surface area (Å²) in [6, 6.07) is 4.59. The summed E-state index contributed by atoms with van der Waals surface area (Å²) in [7, 11) is -2.52. The molecule has 12 heavy (non-hydrogen) atoms. The van der Waals surface area contributed by atoms with Gasteiger partial charge in [-0.1, -0.05) is 6.07 Å². The van der Waals surface area contributed by atoms with Gasteiger partial charge >= 0.3 is 0 Å². The molecule has 0 aromatic heterocycles. The highest BCUT2D eigenvalue weighted by atomic mass is 79.9. The van der Waals surface area contributed by atoms with Crippen molar-refractivity contribution in [3.05, 3.63) is 28.5 Å². The lowest BCUT2D eigenvalue weighted by atomic mass is 10.3. The third-order valence-corrected chi connectivity index (χ3v) is 3.97. The van der Waals surface area contributed by atoms with Crippen LogP contribution in [-0.2, 0) is 4.57 Å². The molecule has 0 fully saturated rings. The average Bonchev–Trinajstić information content (AvgIpc) is 1.82. The molecule has 0 spiro atoms. The fourth-order valence-corrected chi connectivity index (χ4v) is 3.80. The summed E-state index contributed by atoms with van der Waals surface area (Å²) in [6.07, 6.45) is 0. The normalized spacial score (nSPS) is 11.7. The lowest BCUT2D eigenvalue weighted by molar-refractivity contribution is 0.584. The minimum Gasteiger partial charge on any atom is -0.319 e. The van der Waals surface area contributed by atoms with Gasteiger partial charge < -0.3 is 4.57 Å². The maximum Gasteiger partial charge on any atom is 0.135 e. The van der Waals surface area contributed by atoms with E-state index in [1.54, 1.807) is 25.5 Å². The number of rotatable bonds is 1. The minimum atomic E-state index is -2.52. The second-order valence-corrected chi connectivity index (χ2v) is 6.92. The minimum absolute atomic E-state index is 0.296. The lowest BCUT2D eigenvalue weighted by Crippen LogP contribution is -2.09. The molecule has 0 unspecified atom stereocenters. The van der Waals surface area contributed by atoms with Crippen LogP contribution in [-0.4, -0.2) is 13.3 Å². The summed E-state index contributed by atoms with van der Waals surface area (Å²) in [5.74, 6) is -0.405. The molecule has 0 heterocycles. The van der Waals surface area contributed by atoms with E-state index >= 15 is 0 Å². The molecule has 0 aliphatic heterocycles. The Bertz CT molecular complexity index is 325. The zero-order valence-electron chi connectivity index (χ0n) is 6.84. The van der Waals surface area contributed by atoms with Crippen molar-refractivity contribution < 1.29 is 8.96 Å². The molecule has 1 aromatic carbocycles. The van der Waals surface area contributed by atoms with Crippen LogP contribution in [0.4, 0.5) is 4.39 Å². The van der Waals surface area contributed by atoms with Crippen molar-refractivity contribution in [3.63, 3.8) is 0 Å². The Labute approximate surface area is 79.5 Å². The third-order valence-electron chi connectivity index (χ3n) is 1.48. The third kappa shape index (κ3) is 1.96. The number of hydrogen-bond donors (Lipinski definition) is 0. The van der Waals surface area contributed by atoms with Gasteiger partial charge in [-0.3, -0.25) is 0 Å². The SMILES string of the molecule is CP(C)(=O)c1c(F)cccc1Br. The predicted molar refractivity (Wildman–Crippen MR) is 53.2 cm³/mol. The van der Waals surface area contributed by atoms with Gasteiger partial charge in [-0.2, -0.15) is 0 Å². The highest BCUT2D eigenvalue weighted by Gasteiger charge is 2.19. The van der Waals surface area contributed by atoms with Crippen molar-refractivity contribution in [3.8, 4) is 0 Å². The second-order valence-electron chi connectivity index (χ2n) is 2.92. The first-order valence-electron chi connectivity index (χ1n) is 3.42. The van der Waals surface area contributed by atoms with Gasteiger partial charge in [0.25, 0.3) is 0 Å². The number of hydrogen-bond acceptors (Lipinski definition) is 1. The van der Waals surface area contributed by atoms with Gasteiger partial charge in [-0.15, -0.1) is 0 Å². The van der Waals surface area contributed by atoms with E-state index in [0.29, 0.717) is 9.78 Å². The summed E-state index contributed by atoms with van der Waals surface area (Å²) < 4.78 is 25.3. The maximum absolute atomic E-state index is 13.1. The zero-order chi connectivity index (χ0) is 9.35. The summed E-state index contributed by atoms with van der Waals surface area (Å²) in [5.41, 5.74) is 0. The van der Waals surface area contributed by atoms with Crippen LogP contribution < -0.4 is 5.30 Å². The highest BCUT2D eigenvalue weighted by Crippen LogP contribution is 2.38. The molecule has 0 radical (unpaired) electrons. The summed E-state index contributed by atoms with van der Waals surface area (Å²) in [4.78, 5) is 0. The molecule has 0 amide bonds. The fraction of sp³-hybridized carbons (Fsp3) is 0.250. The van der Waals surface area contributed by atoms with Gasteiger partial charge in [0, 0.05) is 4.47 Å². The zero-order valence-corrected chi connectivity index (χ0v) is 9.32. The van der Waals surface area contributed by atoms with Crippen LogP contribution in [0, 0.1) is 5.82 Å². The molecule has 1 aromatic rings. The van der Waals surface area contributed by atoms with Gasteiger partial charge in [0.15, 0.2) is 0 Å². The number of halogens is 2. The summed E-state index contributed by atoms with van der Waals surface area (Å²) in [6.45, 7) is 3.10. The Kier molecular flexibility index (Phi) is 2.74. The van der Waals surface area contributed by atoms with E-state index in [-0.39, 0.29) is 0 Å². The van der Waals surface area contributed by atoms with Crippen molar-refractivity contribution in [2.24, 2.45) is 0 Å². The summed E-state index contributed by atoms with van der Waals surface area (Å²) >= 11 is 3.17. The Balaban J connectivity index is 3.42. The van der Waals surface area contributed by atoms with E-state index in [4.69, 9.17) is 0 Å². The van der Waals surface area contributed by atoms with Gasteiger partial charge in [0.1, 0.15) is 13.0 Å². The molecule has 0 N–H and O–H groups in total. The molecular formula is C8H9BrFOP. The quantitative estimate of drug-likeness (QED) is 0.701. The molecule has 66 valence electrons. The largest absolute Gasteiger partial charge is 0.319 e. The Morgan fingerprint density at radius 1 is 1.42 bits per heavy atom. The Morgan fingerprint density at radius 2 is 2.00 bits per heavy atom. The van der Waals surface area contributed by atoms with Crippen LogP contribution in [0.25, 0.3) is 0 Å². The van der Waals surface area contributed by atoms with Gasteiger partial charge in [0.2, 0.25) is 0 Å². The van der Waals surface area contributed by atoms with Crippen LogP contribution in [0.2, 0.25) is 0 Å². The van der Waals surface area contributed by atoms with E-state index in [1.807, 2.05) is 0 Å². The smallest absolute Gasteiger partial charge is 0.135 e. The monoisotopic (exact) mass is 250 g/mol. The van der Waals surface area contributed by atoms with E-state index in [2.05, 4.69) is 15.9 Å². The van der Waals surface area contributed by atoms with Crippen molar-refractivity contribution in [1.82, 2.24) is 0 Å². The van der Waals surface area contributed by atoms with E-state index < -0.39 is 13.0 Å². The maximum atomic E-state index is 13.1. The molecule has 1 nitrogen and oxygen atoms in total.